The number of carbonyl (C=O) groups excluding carboxylic acids is 4. The van der Waals surface area contributed by atoms with Crippen LogP contribution in [-0.4, -0.2) is 78.0 Å². The van der Waals surface area contributed by atoms with Gasteiger partial charge in [-0.15, -0.1) is 0 Å². The third-order valence-corrected chi connectivity index (χ3v) is 9.93. The maximum absolute atomic E-state index is 14.4. The Kier molecular flexibility index (Phi) is 11.9. The second-order valence-corrected chi connectivity index (χ2v) is 15.0. The molecule has 2 N–H and O–H groups in total. The van der Waals surface area contributed by atoms with Crippen LogP contribution in [0.25, 0.3) is 0 Å². The quantitative estimate of drug-likeness (QED) is 0.334. The lowest BCUT2D eigenvalue weighted by Gasteiger charge is -2.43. The van der Waals surface area contributed by atoms with E-state index >= 15 is 0 Å². The molecule has 9 nitrogen and oxygen atoms in total. The lowest BCUT2D eigenvalue weighted by molar-refractivity contribution is -0.146. The summed E-state index contributed by atoms with van der Waals surface area (Å²) >= 11 is 12.5. The summed E-state index contributed by atoms with van der Waals surface area (Å²) in [6.45, 7) is 11.2. The fourth-order valence-corrected chi connectivity index (χ4v) is 6.78. The van der Waals surface area contributed by atoms with Gasteiger partial charge in [-0.05, 0) is 83.1 Å². The molecule has 4 rings (SSSR count). The maximum atomic E-state index is 14.4. The van der Waals surface area contributed by atoms with Crippen LogP contribution < -0.4 is 10.6 Å². The summed E-state index contributed by atoms with van der Waals surface area (Å²) in [6, 6.07) is 14.1. The van der Waals surface area contributed by atoms with Gasteiger partial charge in [0.05, 0.1) is 15.5 Å². The molecule has 11 heteroatoms. The normalized spacial score (nSPS) is 20.2. The SMILES string of the molecule is CCNC(=O)[C@]1(Cc2ccccc2)CCCN(C(=O)[C@@H](Cc2ccc(Cl)c(Cl)c2)NC(=O)C2(C)CCN(C(=O)OC(C)(C)C)CC2)C1. The highest BCUT2D eigenvalue weighted by Crippen LogP contribution is 2.36. The number of halogens is 2. The zero-order valence-electron chi connectivity index (χ0n) is 28.2. The van der Waals surface area contributed by atoms with E-state index in [1.165, 1.54) is 0 Å². The third-order valence-electron chi connectivity index (χ3n) is 9.19. The van der Waals surface area contributed by atoms with E-state index in [9.17, 15) is 19.2 Å². The van der Waals surface area contributed by atoms with Crippen LogP contribution in [-0.2, 0) is 32.0 Å². The molecule has 2 atom stereocenters. The minimum absolute atomic E-state index is 0.0734. The number of rotatable bonds is 9. The van der Waals surface area contributed by atoms with Crippen LogP contribution in [0.1, 0.15) is 71.4 Å². The van der Waals surface area contributed by atoms with Gasteiger partial charge in [-0.1, -0.05) is 66.5 Å². The molecule has 2 saturated heterocycles. The molecule has 2 aliphatic heterocycles. The third kappa shape index (κ3) is 9.41. The monoisotopic (exact) mass is 686 g/mol. The Hall–Kier alpha value is -3.30. The Morgan fingerprint density at radius 1 is 0.894 bits per heavy atom. The smallest absolute Gasteiger partial charge is 0.410 e. The van der Waals surface area contributed by atoms with Gasteiger partial charge in [0.25, 0.3) is 0 Å². The molecular formula is C36H48Cl2N4O5. The van der Waals surface area contributed by atoms with Crippen LogP contribution in [0.3, 0.4) is 0 Å². The van der Waals surface area contributed by atoms with Gasteiger partial charge in [0.15, 0.2) is 0 Å². The van der Waals surface area contributed by atoms with Gasteiger partial charge in [0.2, 0.25) is 17.7 Å². The zero-order valence-corrected chi connectivity index (χ0v) is 29.7. The number of ether oxygens (including phenoxy) is 1. The molecule has 0 saturated carbocycles. The highest BCUT2D eigenvalue weighted by atomic mass is 35.5. The molecule has 0 radical (unpaired) electrons. The van der Waals surface area contributed by atoms with E-state index in [-0.39, 0.29) is 30.7 Å². The second kappa shape index (κ2) is 15.3. The van der Waals surface area contributed by atoms with E-state index in [0.29, 0.717) is 68.3 Å². The predicted molar refractivity (Wildman–Crippen MR) is 184 cm³/mol. The zero-order chi connectivity index (χ0) is 34.4. The van der Waals surface area contributed by atoms with Crippen LogP contribution in [0.5, 0.6) is 0 Å². The van der Waals surface area contributed by atoms with Crippen molar-refractivity contribution < 1.29 is 23.9 Å². The Balaban J connectivity index is 1.56. The highest BCUT2D eigenvalue weighted by molar-refractivity contribution is 6.42. The molecule has 4 amide bonds. The minimum atomic E-state index is -0.901. The molecule has 2 aromatic carbocycles. The molecule has 47 heavy (non-hydrogen) atoms. The fourth-order valence-electron chi connectivity index (χ4n) is 6.46. The van der Waals surface area contributed by atoms with Crippen molar-refractivity contribution in [1.29, 1.82) is 0 Å². The predicted octanol–water partition coefficient (Wildman–Crippen LogP) is 6.05. The first-order valence-electron chi connectivity index (χ1n) is 16.5. The summed E-state index contributed by atoms with van der Waals surface area (Å²) in [5, 5.41) is 6.85. The first kappa shape index (κ1) is 36.5. The standard InChI is InChI=1S/C36H48Cl2N4O5/c1-6-39-32(45)36(23-25-11-8-7-9-12-25)15-10-18-42(24-36)30(43)29(22-26-13-14-27(37)28(38)21-26)40-31(44)35(5)16-19-41(20-17-35)33(46)47-34(2,3)4/h7-9,11-14,21,29H,6,10,15-20,22-24H2,1-5H3,(H,39,45)(H,40,44)/t29-,36+/m1/s1. The van der Waals surface area contributed by atoms with Crippen molar-refractivity contribution in [3.63, 3.8) is 0 Å². The Morgan fingerprint density at radius 2 is 1.57 bits per heavy atom. The molecule has 2 fully saturated rings. The van der Waals surface area contributed by atoms with Crippen LogP contribution in [0.15, 0.2) is 48.5 Å². The van der Waals surface area contributed by atoms with E-state index in [4.69, 9.17) is 27.9 Å². The number of amides is 4. The molecule has 2 aliphatic rings. The summed E-state index contributed by atoms with van der Waals surface area (Å²) in [7, 11) is 0. The summed E-state index contributed by atoms with van der Waals surface area (Å²) < 4.78 is 5.53. The number of nitrogens with zero attached hydrogens (tertiary/aromatic N) is 2. The molecular weight excluding hydrogens is 639 g/mol. The molecule has 0 aliphatic carbocycles. The number of likely N-dealkylation sites (tertiary alicyclic amines) is 2. The lowest BCUT2D eigenvalue weighted by atomic mass is 9.74. The van der Waals surface area contributed by atoms with Crippen LogP contribution >= 0.6 is 23.2 Å². The van der Waals surface area contributed by atoms with Crippen molar-refractivity contribution in [1.82, 2.24) is 20.4 Å². The van der Waals surface area contributed by atoms with Crippen molar-refractivity contribution >= 4 is 47.0 Å². The Morgan fingerprint density at radius 3 is 2.19 bits per heavy atom. The number of benzene rings is 2. The van der Waals surface area contributed by atoms with Crippen molar-refractivity contribution in [2.24, 2.45) is 10.8 Å². The molecule has 0 spiro atoms. The number of nitrogens with one attached hydrogen (secondary N) is 2. The molecule has 2 aromatic rings. The van der Waals surface area contributed by atoms with Crippen LogP contribution in [0, 0.1) is 10.8 Å². The van der Waals surface area contributed by atoms with E-state index in [2.05, 4.69) is 10.6 Å². The van der Waals surface area contributed by atoms with Gasteiger partial charge in [0, 0.05) is 44.6 Å². The summed E-state index contributed by atoms with van der Waals surface area (Å²) in [4.78, 5) is 58.0. The van der Waals surface area contributed by atoms with Crippen molar-refractivity contribution in [2.75, 3.05) is 32.7 Å². The Labute approximate surface area is 288 Å². The van der Waals surface area contributed by atoms with Gasteiger partial charge < -0.3 is 25.2 Å². The van der Waals surface area contributed by atoms with Gasteiger partial charge in [0.1, 0.15) is 11.6 Å². The molecule has 0 bridgehead atoms. The van der Waals surface area contributed by atoms with Gasteiger partial charge in [-0.3, -0.25) is 14.4 Å². The van der Waals surface area contributed by atoms with E-state index in [1.54, 1.807) is 28.0 Å². The first-order chi connectivity index (χ1) is 22.1. The fraction of sp³-hybridized carbons (Fsp3) is 0.556. The highest BCUT2D eigenvalue weighted by Gasteiger charge is 2.45. The van der Waals surface area contributed by atoms with Gasteiger partial charge in [-0.2, -0.15) is 0 Å². The Bertz CT molecular complexity index is 1440. The van der Waals surface area contributed by atoms with Gasteiger partial charge >= 0.3 is 6.09 Å². The number of hydrogen-bond donors (Lipinski definition) is 2. The molecule has 2 heterocycles. The topological polar surface area (TPSA) is 108 Å². The van der Waals surface area contributed by atoms with Crippen LogP contribution in [0.4, 0.5) is 4.79 Å². The minimum Gasteiger partial charge on any atom is -0.444 e. The number of carbonyl (C=O) groups is 4. The number of piperidine rings is 2. The number of hydrogen-bond acceptors (Lipinski definition) is 5. The first-order valence-corrected chi connectivity index (χ1v) is 17.2. The van der Waals surface area contributed by atoms with E-state index < -0.39 is 28.6 Å². The average molecular weight is 688 g/mol. The summed E-state index contributed by atoms with van der Waals surface area (Å²) in [6.07, 6.45) is 2.45. The average Bonchev–Trinajstić information content (AvgIpc) is 3.02. The molecule has 256 valence electrons. The summed E-state index contributed by atoms with van der Waals surface area (Å²) in [5.74, 6) is -0.577. The van der Waals surface area contributed by atoms with Gasteiger partial charge in [-0.25, -0.2) is 4.79 Å². The largest absolute Gasteiger partial charge is 0.444 e. The lowest BCUT2D eigenvalue weighted by Crippen LogP contribution is -2.59. The van der Waals surface area contributed by atoms with E-state index in [1.807, 2.05) is 65.0 Å². The summed E-state index contributed by atoms with van der Waals surface area (Å²) in [5.41, 5.74) is -0.436. The second-order valence-electron chi connectivity index (χ2n) is 14.2. The maximum Gasteiger partial charge on any atom is 0.410 e. The van der Waals surface area contributed by atoms with Crippen molar-refractivity contribution in [3.05, 3.63) is 69.7 Å². The van der Waals surface area contributed by atoms with Crippen molar-refractivity contribution in [3.8, 4) is 0 Å². The molecule has 0 unspecified atom stereocenters. The van der Waals surface area contributed by atoms with E-state index in [0.717, 1.165) is 11.1 Å². The van der Waals surface area contributed by atoms with Crippen LogP contribution in [0.2, 0.25) is 10.0 Å². The van der Waals surface area contributed by atoms with Crippen molar-refractivity contribution in [2.45, 2.75) is 84.8 Å². The molecule has 0 aromatic heterocycles.